The van der Waals surface area contributed by atoms with Crippen LogP contribution in [0.2, 0.25) is 0 Å². The van der Waals surface area contributed by atoms with Gasteiger partial charge in [0.15, 0.2) is 22.2 Å². The minimum absolute atomic E-state index is 0.000635. The lowest BCUT2D eigenvalue weighted by Gasteiger charge is -2.29. The van der Waals surface area contributed by atoms with Crippen molar-refractivity contribution < 1.29 is 37.2 Å². The van der Waals surface area contributed by atoms with Crippen LogP contribution in [0, 0.1) is 18.8 Å². The Balaban J connectivity index is 0.00000129. The maximum absolute atomic E-state index is 13.4. The molecule has 1 fully saturated rings. The van der Waals surface area contributed by atoms with Gasteiger partial charge >= 0.3 is 0 Å². The number of amides is 4. The summed E-state index contributed by atoms with van der Waals surface area (Å²) in [6.07, 6.45) is 1.41. The largest absolute Gasteiger partial charge is 0.375 e. The molecule has 5 N–H and O–H groups in total. The molecular weight excluding hydrogens is 650 g/mol. The number of carbonyl (C=O) groups excluding carboxylic acids is 4. The number of aryl methyl sites for hydroxylation is 1. The van der Waals surface area contributed by atoms with Gasteiger partial charge in [0.25, 0.3) is 5.91 Å². The van der Waals surface area contributed by atoms with E-state index in [1.807, 2.05) is 56.3 Å². The summed E-state index contributed by atoms with van der Waals surface area (Å²) in [5.74, 6) is -1.42. The number of carbonyl (C=O) groups is 4. The highest BCUT2D eigenvalue weighted by Gasteiger charge is 2.33. The molecule has 1 saturated heterocycles. The van der Waals surface area contributed by atoms with E-state index < -0.39 is 58.8 Å². The second kappa shape index (κ2) is 21.1. The van der Waals surface area contributed by atoms with Crippen molar-refractivity contribution in [3.05, 3.63) is 65.5 Å². The lowest BCUT2D eigenvalue weighted by Crippen LogP contribution is -2.53. The lowest BCUT2D eigenvalue weighted by atomic mass is 9.91. The summed E-state index contributed by atoms with van der Waals surface area (Å²) in [5, 5.41) is 26.7. The molecule has 1 aliphatic rings. The average molecular weight is 702 g/mol. The predicted molar refractivity (Wildman–Crippen MR) is 188 cm³/mol. The van der Waals surface area contributed by atoms with Crippen molar-refractivity contribution in [2.24, 2.45) is 11.8 Å². The van der Waals surface area contributed by atoms with E-state index >= 15 is 0 Å². The maximum atomic E-state index is 13.4. The molecule has 2 aromatic carbocycles. The molecule has 13 nitrogen and oxygen atoms in total. The highest BCUT2D eigenvalue weighted by atomic mass is 32.2. The number of hydrogen-bond donors (Lipinski definition) is 5. The van der Waals surface area contributed by atoms with E-state index in [0.29, 0.717) is 18.7 Å². The molecule has 0 spiro atoms. The number of aliphatic hydroxyl groups excluding tert-OH is 1. The zero-order valence-corrected chi connectivity index (χ0v) is 30.2. The lowest BCUT2D eigenvalue weighted by molar-refractivity contribution is -0.129. The Morgan fingerprint density at radius 2 is 1.78 bits per heavy atom. The quantitative estimate of drug-likeness (QED) is 0.178. The summed E-state index contributed by atoms with van der Waals surface area (Å²) in [7, 11) is 1.15. The highest BCUT2D eigenvalue weighted by Crippen LogP contribution is 2.21. The van der Waals surface area contributed by atoms with Crippen LogP contribution in [0.1, 0.15) is 75.7 Å². The molecular formula is C35H51N5O8S. The summed E-state index contributed by atoms with van der Waals surface area (Å²) in [6.45, 7) is 12.2. The Labute approximate surface area is 291 Å². The molecule has 270 valence electrons. The van der Waals surface area contributed by atoms with Gasteiger partial charge in [0.05, 0.1) is 19.7 Å². The number of aliphatic hydroxyl groups is 1. The molecule has 4 rings (SSSR count). The Kier molecular flexibility index (Phi) is 17.6. The summed E-state index contributed by atoms with van der Waals surface area (Å²) in [5.41, 5.74) is -0.806. The Morgan fingerprint density at radius 1 is 1.10 bits per heavy atom. The number of rotatable bonds is 13. The van der Waals surface area contributed by atoms with E-state index in [1.165, 1.54) is 6.07 Å². The third-order valence-electron chi connectivity index (χ3n) is 7.20. The van der Waals surface area contributed by atoms with Gasteiger partial charge in [-0.15, -0.1) is 0 Å². The van der Waals surface area contributed by atoms with Gasteiger partial charge in [-0.25, -0.2) is 4.21 Å². The second-order valence-electron chi connectivity index (χ2n) is 12.0. The van der Waals surface area contributed by atoms with Crippen LogP contribution in [0.4, 0.5) is 0 Å². The molecule has 0 radical (unpaired) electrons. The first-order valence-electron chi connectivity index (χ1n) is 16.6. The van der Waals surface area contributed by atoms with Crippen LogP contribution in [0.25, 0.3) is 10.8 Å². The normalized spacial score (nSPS) is 16.4. The van der Waals surface area contributed by atoms with Crippen LogP contribution < -0.4 is 21.3 Å². The van der Waals surface area contributed by atoms with Crippen LogP contribution in [0.5, 0.6) is 0 Å². The molecule has 4 amide bonds. The van der Waals surface area contributed by atoms with E-state index in [9.17, 15) is 28.5 Å². The van der Waals surface area contributed by atoms with Crippen LogP contribution in [0.15, 0.2) is 53.1 Å². The molecule has 1 aromatic heterocycles. The summed E-state index contributed by atoms with van der Waals surface area (Å²) in [6, 6.07) is 12.5. The van der Waals surface area contributed by atoms with Gasteiger partial charge in [0, 0.05) is 24.9 Å². The number of hydrogen-bond acceptors (Lipinski definition) is 9. The Hall–Kier alpha value is -4.14. The van der Waals surface area contributed by atoms with E-state index in [0.717, 1.165) is 35.8 Å². The third kappa shape index (κ3) is 13.4. The number of fused-ring (bicyclic) bond motifs is 1. The van der Waals surface area contributed by atoms with Gasteiger partial charge in [-0.1, -0.05) is 82.2 Å². The molecule has 0 aliphatic carbocycles. The van der Waals surface area contributed by atoms with Crippen LogP contribution in [-0.4, -0.2) is 75.8 Å². The van der Waals surface area contributed by atoms with E-state index in [4.69, 9.17) is 8.71 Å². The zero-order valence-electron chi connectivity index (χ0n) is 29.4. The van der Waals surface area contributed by atoms with Crippen molar-refractivity contribution in [2.45, 2.75) is 84.7 Å². The number of nitrogens with zero attached hydrogens (tertiary/aromatic N) is 1. The molecule has 0 bridgehead atoms. The molecule has 0 saturated carbocycles. The second-order valence-corrected chi connectivity index (χ2v) is 13.3. The molecule has 5 unspecified atom stereocenters. The first-order chi connectivity index (χ1) is 23.4. The standard InChI is InChI=1S/C29H35N5O8S.C4H10.C2H6/c1-17-13-23(34-42-17)28(38)33-22(14-19-9-5-8-18-7-3-4-11-21(18)19)27(37)31-16-25(35)32-24(29(39)43(40)41-2)15-20-10-6-12-30-26(20)36;1-4(2)3;1-2/h3-5,7-9,11,13,20,22,24,29,39H,6,10,12,14-16H2,1-2H3,(H,30,36)(H,31,37)(H,32,35)(H,33,38);4H,1-3H3;1-2H3. The molecule has 49 heavy (non-hydrogen) atoms. The van der Waals surface area contributed by atoms with Crippen molar-refractivity contribution in [2.75, 3.05) is 20.2 Å². The average Bonchev–Trinajstić information content (AvgIpc) is 3.54. The fraction of sp³-hybridized carbons (Fsp3) is 0.514. The summed E-state index contributed by atoms with van der Waals surface area (Å²) >= 11 is -2.15. The minimum Gasteiger partial charge on any atom is -0.375 e. The summed E-state index contributed by atoms with van der Waals surface area (Å²) in [4.78, 5) is 51.5. The van der Waals surface area contributed by atoms with Crippen LogP contribution in [0.3, 0.4) is 0 Å². The molecule has 1 aliphatic heterocycles. The fourth-order valence-electron chi connectivity index (χ4n) is 5.00. The number of aromatic nitrogens is 1. The smallest absolute Gasteiger partial charge is 0.274 e. The van der Waals surface area contributed by atoms with Crippen molar-refractivity contribution in [1.82, 2.24) is 26.4 Å². The van der Waals surface area contributed by atoms with Gasteiger partial charge in [-0.05, 0) is 48.4 Å². The van der Waals surface area contributed by atoms with Crippen molar-refractivity contribution >= 4 is 45.5 Å². The van der Waals surface area contributed by atoms with E-state index in [1.54, 1.807) is 6.92 Å². The SMILES string of the molecule is CC.CC(C)C.COS(=O)C(O)C(CC1CCCNC1=O)NC(=O)CNC(=O)C(Cc1cccc2ccccc12)NC(=O)c1cc(C)on1. The highest BCUT2D eigenvalue weighted by molar-refractivity contribution is 7.80. The van der Waals surface area contributed by atoms with E-state index in [-0.39, 0.29) is 24.4 Å². The van der Waals surface area contributed by atoms with Gasteiger partial charge in [0.1, 0.15) is 11.8 Å². The number of nitrogens with one attached hydrogen (secondary N) is 4. The first kappa shape index (κ1) is 41.0. The maximum Gasteiger partial charge on any atom is 0.274 e. The predicted octanol–water partition coefficient (Wildman–Crippen LogP) is 3.31. The number of piperidine rings is 1. The van der Waals surface area contributed by atoms with Gasteiger partial charge in [-0.3, -0.25) is 23.4 Å². The third-order valence-corrected chi connectivity index (χ3v) is 8.25. The van der Waals surface area contributed by atoms with Gasteiger partial charge < -0.3 is 30.9 Å². The Bertz CT molecular complexity index is 1540. The van der Waals surface area contributed by atoms with Crippen LogP contribution in [-0.2, 0) is 36.1 Å². The first-order valence-corrected chi connectivity index (χ1v) is 17.7. The number of benzene rings is 2. The zero-order chi connectivity index (χ0) is 36.5. The topological polar surface area (TPSA) is 189 Å². The minimum atomic E-state index is -2.15. The monoisotopic (exact) mass is 701 g/mol. The van der Waals surface area contributed by atoms with Crippen LogP contribution >= 0.6 is 0 Å². The van der Waals surface area contributed by atoms with Crippen molar-refractivity contribution in [3.8, 4) is 0 Å². The molecule has 2 heterocycles. The van der Waals surface area contributed by atoms with Gasteiger partial charge in [-0.2, -0.15) is 0 Å². The molecule has 14 heteroatoms. The van der Waals surface area contributed by atoms with Crippen molar-refractivity contribution in [3.63, 3.8) is 0 Å². The van der Waals surface area contributed by atoms with Gasteiger partial charge in [0.2, 0.25) is 17.7 Å². The molecule has 5 atom stereocenters. The van der Waals surface area contributed by atoms with Crippen molar-refractivity contribution in [1.29, 1.82) is 0 Å². The Morgan fingerprint density at radius 3 is 2.41 bits per heavy atom. The van der Waals surface area contributed by atoms with E-state index in [2.05, 4.69) is 47.2 Å². The fourth-order valence-corrected chi connectivity index (χ4v) is 5.64. The molecule has 3 aromatic rings. The summed E-state index contributed by atoms with van der Waals surface area (Å²) < 4.78 is 21.9.